The van der Waals surface area contributed by atoms with E-state index >= 15 is 0 Å². The molecule has 1 saturated carbocycles. The lowest BCUT2D eigenvalue weighted by Gasteiger charge is -2.14. The van der Waals surface area contributed by atoms with Crippen molar-refractivity contribution in [3.05, 3.63) is 18.0 Å². The van der Waals surface area contributed by atoms with Crippen LogP contribution in [-0.2, 0) is 9.84 Å². The largest absolute Gasteiger partial charge is 0.354 e. The van der Waals surface area contributed by atoms with E-state index in [2.05, 4.69) is 15.3 Å². The van der Waals surface area contributed by atoms with E-state index in [9.17, 15) is 8.42 Å². The predicted molar refractivity (Wildman–Crippen MR) is 66.6 cm³/mol. The van der Waals surface area contributed by atoms with Gasteiger partial charge in [0.2, 0.25) is 5.95 Å². The van der Waals surface area contributed by atoms with Gasteiger partial charge < -0.3 is 5.32 Å². The van der Waals surface area contributed by atoms with Crippen LogP contribution in [0, 0.1) is 12.3 Å². The van der Waals surface area contributed by atoms with Crippen molar-refractivity contribution in [3.8, 4) is 0 Å². The fraction of sp³-hybridized carbons (Fsp3) is 0.636. The Labute approximate surface area is 102 Å². The van der Waals surface area contributed by atoms with Crippen molar-refractivity contribution in [1.29, 1.82) is 0 Å². The second-order valence-corrected chi connectivity index (χ2v) is 7.09. The summed E-state index contributed by atoms with van der Waals surface area (Å²) in [4.78, 5) is 8.32. The average molecular weight is 255 g/mol. The van der Waals surface area contributed by atoms with Crippen molar-refractivity contribution in [3.63, 3.8) is 0 Å². The number of hydrogen-bond donors (Lipinski definition) is 1. The summed E-state index contributed by atoms with van der Waals surface area (Å²) in [5.41, 5.74) is 0.802. The molecule has 0 atom stereocenters. The van der Waals surface area contributed by atoms with Crippen molar-refractivity contribution < 1.29 is 8.42 Å². The van der Waals surface area contributed by atoms with Gasteiger partial charge in [0.1, 0.15) is 9.84 Å². The molecule has 0 spiro atoms. The topological polar surface area (TPSA) is 72.0 Å². The minimum Gasteiger partial charge on any atom is -0.354 e. The Morgan fingerprint density at radius 2 is 2.18 bits per heavy atom. The molecule has 0 amide bonds. The summed E-state index contributed by atoms with van der Waals surface area (Å²) >= 11 is 0. The van der Waals surface area contributed by atoms with Crippen LogP contribution >= 0.6 is 0 Å². The number of sulfone groups is 1. The van der Waals surface area contributed by atoms with Crippen LogP contribution < -0.4 is 5.32 Å². The Bertz CT molecular complexity index is 509. The Morgan fingerprint density at radius 1 is 1.47 bits per heavy atom. The number of nitrogens with zero attached hydrogens (tertiary/aromatic N) is 2. The van der Waals surface area contributed by atoms with Gasteiger partial charge in [-0.25, -0.2) is 18.4 Å². The van der Waals surface area contributed by atoms with Crippen molar-refractivity contribution in [2.24, 2.45) is 5.41 Å². The van der Waals surface area contributed by atoms with E-state index < -0.39 is 9.84 Å². The second-order valence-electron chi connectivity index (χ2n) is 4.95. The third-order valence-electron chi connectivity index (χ3n) is 2.94. The maximum Gasteiger partial charge on any atom is 0.222 e. The van der Waals surface area contributed by atoms with Gasteiger partial charge in [-0.1, -0.05) is 0 Å². The normalized spacial score (nSPS) is 17.8. The number of aryl methyl sites for hydroxylation is 1. The second kappa shape index (κ2) is 4.25. The summed E-state index contributed by atoms with van der Waals surface area (Å²) in [5.74, 6) is 0.823. The van der Waals surface area contributed by atoms with Crippen LogP contribution in [0.5, 0.6) is 0 Å². The first-order chi connectivity index (χ1) is 7.89. The predicted octanol–water partition coefficient (Wildman–Crippen LogP) is 1.02. The summed E-state index contributed by atoms with van der Waals surface area (Å²) < 4.78 is 22.6. The molecule has 5 nitrogen and oxygen atoms in total. The minimum absolute atomic E-state index is 0.0965. The zero-order valence-corrected chi connectivity index (χ0v) is 10.9. The van der Waals surface area contributed by atoms with E-state index in [0.717, 1.165) is 18.5 Å². The van der Waals surface area contributed by atoms with Gasteiger partial charge in [0.15, 0.2) is 0 Å². The van der Waals surface area contributed by atoms with Crippen molar-refractivity contribution in [2.75, 3.05) is 23.9 Å². The molecule has 1 N–H and O–H groups in total. The molecule has 1 fully saturated rings. The molecule has 0 aliphatic heterocycles. The fourth-order valence-electron chi connectivity index (χ4n) is 1.91. The molecule has 1 aliphatic rings. The van der Waals surface area contributed by atoms with Crippen LogP contribution in [0.3, 0.4) is 0 Å². The van der Waals surface area contributed by atoms with Gasteiger partial charge in [-0.15, -0.1) is 0 Å². The molecule has 1 aromatic rings. The smallest absolute Gasteiger partial charge is 0.222 e. The first kappa shape index (κ1) is 12.3. The minimum atomic E-state index is -2.91. The van der Waals surface area contributed by atoms with Gasteiger partial charge in [-0.05, 0) is 25.8 Å². The number of anilines is 1. The highest BCUT2D eigenvalue weighted by molar-refractivity contribution is 7.90. The Morgan fingerprint density at radius 3 is 2.71 bits per heavy atom. The summed E-state index contributed by atoms with van der Waals surface area (Å²) in [6, 6.07) is 1.83. The summed E-state index contributed by atoms with van der Waals surface area (Å²) in [6.07, 6.45) is 4.90. The third-order valence-corrected chi connectivity index (χ3v) is 4.08. The molecule has 0 radical (unpaired) electrons. The van der Waals surface area contributed by atoms with E-state index in [1.165, 1.54) is 6.26 Å². The Balaban J connectivity index is 1.95. The lowest BCUT2D eigenvalue weighted by atomic mass is 10.1. The molecular weight excluding hydrogens is 238 g/mol. The van der Waals surface area contributed by atoms with E-state index in [1.807, 2.05) is 13.0 Å². The van der Waals surface area contributed by atoms with Gasteiger partial charge in [0, 0.05) is 30.1 Å². The summed E-state index contributed by atoms with van der Waals surface area (Å²) in [7, 11) is -2.91. The number of aromatic nitrogens is 2. The summed E-state index contributed by atoms with van der Waals surface area (Å²) in [6.45, 7) is 2.53. The standard InChI is InChI=1S/C11H17N3O2S/c1-9-3-6-12-10(14-9)13-7-11(4-5-11)8-17(2,15)16/h3,6H,4-5,7-8H2,1-2H3,(H,12,13,14). The monoisotopic (exact) mass is 255 g/mol. The van der Waals surface area contributed by atoms with Crippen LogP contribution in [0.25, 0.3) is 0 Å². The van der Waals surface area contributed by atoms with Gasteiger partial charge in [-0.2, -0.15) is 0 Å². The highest BCUT2D eigenvalue weighted by atomic mass is 32.2. The first-order valence-corrected chi connectivity index (χ1v) is 7.66. The fourth-order valence-corrected chi connectivity index (χ4v) is 3.41. The van der Waals surface area contributed by atoms with Gasteiger partial charge in [0.25, 0.3) is 0 Å². The molecule has 94 valence electrons. The van der Waals surface area contributed by atoms with Gasteiger partial charge in [0.05, 0.1) is 5.75 Å². The molecule has 0 unspecified atom stereocenters. The van der Waals surface area contributed by atoms with Gasteiger partial charge in [-0.3, -0.25) is 0 Å². The summed E-state index contributed by atoms with van der Waals surface area (Å²) in [5, 5.41) is 3.12. The number of rotatable bonds is 5. The van der Waals surface area contributed by atoms with Crippen LogP contribution in [0.15, 0.2) is 12.3 Å². The van der Waals surface area contributed by atoms with Crippen LogP contribution in [0.1, 0.15) is 18.5 Å². The molecule has 0 aromatic carbocycles. The van der Waals surface area contributed by atoms with Crippen molar-refractivity contribution in [1.82, 2.24) is 9.97 Å². The van der Waals surface area contributed by atoms with Crippen molar-refractivity contribution in [2.45, 2.75) is 19.8 Å². The molecule has 17 heavy (non-hydrogen) atoms. The molecule has 0 saturated heterocycles. The first-order valence-electron chi connectivity index (χ1n) is 5.60. The SMILES string of the molecule is Cc1ccnc(NCC2(CS(C)(=O)=O)CC2)n1. The van der Waals surface area contributed by atoms with Crippen LogP contribution in [-0.4, -0.2) is 36.9 Å². The molecule has 6 heteroatoms. The number of nitrogens with one attached hydrogen (secondary N) is 1. The zero-order valence-electron chi connectivity index (χ0n) is 10.1. The number of hydrogen-bond acceptors (Lipinski definition) is 5. The maximum absolute atomic E-state index is 11.3. The third kappa shape index (κ3) is 3.66. The quantitative estimate of drug-likeness (QED) is 0.850. The molecule has 1 aromatic heterocycles. The van der Waals surface area contributed by atoms with Crippen molar-refractivity contribution >= 4 is 15.8 Å². The molecule has 1 heterocycles. The molecule has 2 rings (SSSR count). The van der Waals surface area contributed by atoms with Crippen LogP contribution in [0.4, 0.5) is 5.95 Å². The van der Waals surface area contributed by atoms with Crippen LogP contribution in [0.2, 0.25) is 0 Å². The molecule has 1 aliphatic carbocycles. The maximum atomic E-state index is 11.3. The molecular formula is C11H17N3O2S. The average Bonchev–Trinajstić information content (AvgIpc) is 2.93. The lowest BCUT2D eigenvalue weighted by molar-refractivity contribution is 0.560. The van der Waals surface area contributed by atoms with E-state index in [4.69, 9.17) is 0 Å². The highest BCUT2D eigenvalue weighted by Gasteiger charge is 2.45. The highest BCUT2D eigenvalue weighted by Crippen LogP contribution is 2.46. The van der Waals surface area contributed by atoms with E-state index in [0.29, 0.717) is 12.5 Å². The van der Waals surface area contributed by atoms with E-state index in [-0.39, 0.29) is 11.2 Å². The van der Waals surface area contributed by atoms with E-state index in [1.54, 1.807) is 6.20 Å². The van der Waals surface area contributed by atoms with Gasteiger partial charge >= 0.3 is 0 Å². The zero-order chi connectivity index (χ0) is 12.5. The molecule has 0 bridgehead atoms. The lowest BCUT2D eigenvalue weighted by Crippen LogP contribution is -2.24. The Kier molecular flexibility index (Phi) is 3.07. The Hall–Kier alpha value is -1.17.